The van der Waals surface area contributed by atoms with Gasteiger partial charge in [0.25, 0.3) is 0 Å². The zero-order chi connectivity index (χ0) is 21.6. The molecule has 0 saturated carbocycles. The van der Waals surface area contributed by atoms with E-state index in [1.54, 1.807) is 0 Å². The van der Waals surface area contributed by atoms with E-state index in [0.29, 0.717) is 11.4 Å². The van der Waals surface area contributed by atoms with E-state index in [9.17, 15) is 0 Å². The fraction of sp³-hybridized carbons (Fsp3) is 0.304. The van der Waals surface area contributed by atoms with Gasteiger partial charge in [-0.15, -0.1) is 0 Å². The lowest BCUT2D eigenvalue weighted by Crippen LogP contribution is -2.08. The van der Waals surface area contributed by atoms with Gasteiger partial charge in [0.05, 0.1) is 5.70 Å². The lowest BCUT2D eigenvalue weighted by molar-refractivity contribution is 0.304. The van der Waals surface area contributed by atoms with Crippen molar-refractivity contribution in [3.05, 3.63) is 70.8 Å². The standard InChI is InChI=1S/C23H29N5O/c1-15(13-23-20(6)26-29-27-23)18(4)24-16(2)14-17(3)25-19(5)21-9-11-22(12-10-21)28(7)8/h9-14H,3H2,1-2,4-8H3/b15-13+,16-14+,24-18+,25-19?. The summed E-state index contributed by atoms with van der Waals surface area (Å²) in [6.07, 6.45) is 3.78. The van der Waals surface area contributed by atoms with E-state index in [1.807, 2.05) is 60.9 Å². The highest BCUT2D eigenvalue weighted by Gasteiger charge is 2.04. The summed E-state index contributed by atoms with van der Waals surface area (Å²) in [5, 5.41) is 7.66. The molecule has 1 aromatic carbocycles. The van der Waals surface area contributed by atoms with Crippen molar-refractivity contribution in [2.24, 2.45) is 9.98 Å². The maximum Gasteiger partial charge on any atom is 0.131 e. The van der Waals surface area contributed by atoms with Crippen molar-refractivity contribution in [2.45, 2.75) is 34.6 Å². The first-order chi connectivity index (χ1) is 13.7. The molecule has 2 rings (SSSR count). The van der Waals surface area contributed by atoms with E-state index in [2.05, 4.69) is 56.0 Å². The van der Waals surface area contributed by atoms with Crippen molar-refractivity contribution >= 4 is 23.2 Å². The van der Waals surface area contributed by atoms with Crippen LogP contribution in [0.5, 0.6) is 0 Å². The minimum absolute atomic E-state index is 0.659. The summed E-state index contributed by atoms with van der Waals surface area (Å²) in [5.74, 6) is 0. The minimum atomic E-state index is 0.659. The molecule has 1 heterocycles. The van der Waals surface area contributed by atoms with Crippen LogP contribution in [-0.2, 0) is 0 Å². The smallest absolute Gasteiger partial charge is 0.131 e. The third-order valence-corrected chi connectivity index (χ3v) is 4.44. The van der Waals surface area contributed by atoms with Crippen LogP contribution in [0.15, 0.2) is 68.5 Å². The van der Waals surface area contributed by atoms with Gasteiger partial charge in [-0.05, 0) is 70.0 Å². The lowest BCUT2D eigenvalue weighted by Gasteiger charge is -2.12. The summed E-state index contributed by atoms with van der Waals surface area (Å²) in [4.78, 5) is 11.3. The Morgan fingerprint density at radius 2 is 1.69 bits per heavy atom. The molecule has 0 atom stereocenters. The highest BCUT2D eigenvalue weighted by Crippen LogP contribution is 2.15. The molecule has 0 bridgehead atoms. The van der Waals surface area contributed by atoms with Crippen LogP contribution in [0.1, 0.15) is 44.6 Å². The number of allylic oxidation sites excluding steroid dienone is 3. The van der Waals surface area contributed by atoms with Gasteiger partial charge in [-0.3, -0.25) is 9.98 Å². The number of aromatic nitrogens is 2. The van der Waals surface area contributed by atoms with Gasteiger partial charge in [-0.1, -0.05) is 29.0 Å². The molecule has 0 unspecified atom stereocenters. The second kappa shape index (κ2) is 9.78. The average Bonchev–Trinajstić information content (AvgIpc) is 3.05. The van der Waals surface area contributed by atoms with Crippen molar-refractivity contribution in [3.8, 4) is 0 Å². The van der Waals surface area contributed by atoms with Gasteiger partial charge in [0, 0.05) is 36.9 Å². The van der Waals surface area contributed by atoms with E-state index in [0.717, 1.165) is 39.6 Å². The number of hydrogen-bond donors (Lipinski definition) is 0. The Kier molecular flexibility index (Phi) is 7.42. The minimum Gasteiger partial charge on any atom is -0.378 e. The monoisotopic (exact) mass is 391 g/mol. The van der Waals surface area contributed by atoms with Gasteiger partial charge in [-0.2, -0.15) is 0 Å². The molecule has 0 aliphatic rings. The third kappa shape index (κ3) is 6.38. The van der Waals surface area contributed by atoms with Gasteiger partial charge in [0.15, 0.2) is 0 Å². The number of anilines is 1. The Morgan fingerprint density at radius 1 is 1.03 bits per heavy atom. The maximum absolute atomic E-state index is 4.73. The van der Waals surface area contributed by atoms with Crippen molar-refractivity contribution in [3.63, 3.8) is 0 Å². The molecule has 29 heavy (non-hydrogen) atoms. The summed E-state index contributed by atoms with van der Waals surface area (Å²) in [6, 6.07) is 8.28. The molecule has 0 saturated heterocycles. The predicted octanol–water partition coefficient (Wildman–Crippen LogP) is 5.23. The normalized spacial score (nSPS) is 13.6. The topological polar surface area (TPSA) is 66.9 Å². The Bertz CT molecular complexity index is 989. The molecule has 0 aliphatic heterocycles. The van der Waals surface area contributed by atoms with Crippen LogP contribution in [0.3, 0.4) is 0 Å². The molecule has 0 N–H and O–H groups in total. The number of rotatable bonds is 7. The molecular formula is C23H29N5O. The first-order valence-corrected chi connectivity index (χ1v) is 9.40. The fourth-order valence-electron chi connectivity index (χ4n) is 2.62. The molecule has 152 valence electrons. The zero-order valence-electron chi connectivity index (χ0n) is 18.3. The van der Waals surface area contributed by atoms with Crippen LogP contribution in [0, 0.1) is 6.92 Å². The molecule has 0 fully saturated rings. The maximum atomic E-state index is 4.73. The van der Waals surface area contributed by atoms with Crippen molar-refractivity contribution < 1.29 is 4.63 Å². The summed E-state index contributed by atoms with van der Waals surface area (Å²) in [6.45, 7) is 13.7. The number of hydrogen-bond acceptors (Lipinski definition) is 6. The van der Waals surface area contributed by atoms with Gasteiger partial charge in [0.1, 0.15) is 11.4 Å². The van der Waals surface area contributed by atoms with E-state index in [4.69, 9.17) is 4.63 Å². The summed E-state index contributed by atoms with van der Waals surface area (Å²) < 4.78 is 4.73. The molecule has 1 aromatic heterocycles. The van der Waals surface area contributed by atoms with E-state index >= 15 is 0 Å². The highest BCUT2D eigenvalue weighted by atomic mass is 16.6. The van der Waals surface area contributed by atoms with Gasteiger partial charge in [-0.25, -0.2) is 4.63 Å². The highest BCUT2D eigenvalue weighted by molar-refractivity contribution is 6.02. The van der Waals surface area contributed by atoms with Gasteiger partial charge >= 0.3 is 0 Å². The van der Waals surface area contributed by atoms with Crippen LogP contribution < -0.4 is 4.90 Å². The number of nitrogens with zero attached hydrogens (tertiary/aromatic N) is 5. The number of aryl methyl sites for hydroxylation is 1. The second-order valence-corrected chi connectivity index (χ2v) is 7.18. The van der Waals surface area contributed by atoms with E-state index in [-0.39, 0.29) is 0 Å². The van der Waals surface area contributed by atoms with Gasteiger partial charge in [0.2, 0.25) is 0 Å². The first-order valence-electron chi connectivity index (χ1n) is 9.40. The Balaban J connectivity index is 2.12. The van der Waals surface area contributed by atoms with Crippen molar-refractivity contribution in [1.82, 2.24) is 10.3 Å². The molecular weight excluding hydrogens is 362 g/mol. The Hall–Kier alpha value is -3.28. The van der Waals surface area contributed by atoms with Crippen LogP contribution in [0.25, 0.3) is 6.08 Å². The predicted molar refractivity (Wildman–Crippen MR) is 122 cm³/mol. The fourth-order valence-corrected chi connectivity index (χ4v) is 2.62. The van der Waals surface area contributed by atoms with Crippen LogP contribution in [0.2, 0.25) is 0 Å². The Morgan fingerprint density at radius 3 is 2.24 bits per heavy atom. The van der Waals surface area contributed by atoms with Crippen molar-refractivity contribution in [1.29, 1.82) is 0 Å². The van der Waals surface area contributed by atoms with Gasteiger partial charge < -0.3 is 4.90 Å². The van der Waals surface area contributed by atoms with E-state index in [1.165, 1.54) is 0 Å². The van der Waals surface area contributed by atoms with Crippen molar-refractivity contribution in [2.75, 3.05) is 19.0 Å². The number of aliphatic imine (C=N–C) groups is 2. The molecule has 6 heteroatoms. The molecule has 0 radical (unpaired) electrons. The first kappa shape index (κ1) is 22.0. The molecule has 0 aliphatic carbocycles. The number of benzene rings is 1. The molecule has 2 aromatic rings. The summed E-state index contributed by atoms with van der Waals surface area (Å²) >= 11 is 0. The van der Waals surface area contributed by atoms with Crippen LogP contribution in [-0.4, -0.2) is 35.8 Å². The molecule has 0 spiro atoms. The summed E-state index contributed by atoms with van der Waals surface area (Å²) in [5.41, 5.74) is 7.96. The molecule has 0 amide bonds. The quantitative estimate of drug-likeness (QED) is 0.478. The Labute approximate surface area is 173 Å². The largest absolute Gasteiger partial charge is 0.378 e. The average molecular weight is 392 g/mol. The second-order valence-electron chi connectivity index (χ2n) is 7.18. The van der Waals surface area contributed by atoms with E-state index < -0.39 is 0 Å². The third-order valence-electron chi connectivity index (χ3n) is 4.44. The van der Waals surface area contributed by atoms with Crippen LogP contribution in [0.4, 0.5) is 5.69 Å². The lowest BCUT2D eigenvalue weighted by atomic mass is 10.1. The molecule has 6 nitrogen and oxygen atoms in total. The SMILES string of the molecule is C=C(/C=C(C)/N=C(C)/C(C)=C/c1nonc1C)N=C(C)c1ccc(N(C)C)cc1. The van der Waals surface area contributed by atoms with Crippen LogP contribution >= 0.6 is 0 Å². The summed E-state index contributed by atoms with van der Waals surface area (Å²) in [7, 11) is 4.04. The zero-order valence-corrected chi connectivity index (χ0v) is 18.3.